The molecule has 0 N–H and O–H groups in total. The SMILES string of the molecule is CC1=C(C)C(C[SiH](c2cc(C)cc(C)c2)c2cc(C)cc(C)c2)C(c2cc(C(C)(C)C)cc(C(C)(C)C)c2)=C1C. The first-order valence-corrected chi connectivity index (χ1v) is 17.1. The summed E-state index contributed by atoms with van der Waals surface area (Å²) in [5.41, 5.74) is 16.2. The first kappa shape index (κ1) is 30.3. The van der Waals surface area contributed by atoms with E-state index in [4.69, 9.17) is 0 Å². The molecular weight excluding hydrogens is 497 g/mol. The maximum absolute atomic E-state index is 2.51. The van der Waals surface area contributed by atoms with Gasteiger partial charge in [0.2, 0.25) is 0 Å². The van der Waals surface area contributed by atoms with E-state index in [2.05, 4.69) is 145 Å². The zero-order valence-corrected chi connectivity index (χ0v) is 28.7. The van der Waals surface area contributed by atoms with E-state index >= 15 is 0 Å². The number of aryl methyl sites for hydroxylation is 4. The Labute approximate surface area is 247 Å². The summed E-state index contributed by atoms with van der Waals surface area (Å²) in [5, 5.41) is 3.16. The van der Waals surface area contributed by atoms with Crippen LogP contribution in [0, 0.1) is 33.6 Å². The van der Waals surface area contributed by atoms with Gasteiger partial charge in [-0.05, 0) is 98.7 Å². The van der Waals surface area contributed by atoms with Crippen LogP contribution in [-0.2, 0) is 10.8 Å². The lowest BCUT2D eigenvalue weighted by Crippen LogP contribution is -2.44. The smallest absolute Gasteiger partial charge is 0.0629 e. The van der Waals surface area contributed by atoms with Crippen molar-refractivity contribution in [2.45, 2.75) is 107 Å². The number of hydrogen-bond donors (Lipinski definition) is 0. The Morgan fingerprint density at radius 2 is 0.925 bits per heavy atom. The molecule has 0 saturated carbocycles. The fourth-order valence-corrected chi connectivity index (χ4v) is 10.6. The predicted octanol–water partition coefficient (Wildman–Crippen LogP) is 9.30. The third kappa shape index (κ3) is 6.31. The average molecular weight is 549 g/mol. The maximum atomic E-state index is 2.51. The molecule has 0 saturated heterocycles. The molecule has 0 aliphatic heterocycles. The number of hydrogen-bond acceptors (Lipinski definition) is 0. The molecule has 0 heterocycles. The van der Waals surface area contributed by atoms with Crippen LogP contribution in [0.5, 0.6) is 0 Å². The van der Waals surface area contributed by atoms with E-state index in [-0.39, 0.29) is 10.8 Å². The molecule has 0 amide bonds. The first-order chi connectivity index (χ1) is 18.5. The second-order valence-electron chi connectivity index (χ2n) is 14.8. The molecule has 4 rings (SSSR count). The van der Waals surface area contributed by atoms with E-state index < -0.39 is 8.80 Å². The summed E-state index contributed by atoms with van der Waals surface area (Å²) in [6.07, 6.45) is 0. The van der Waals surface area contributed by atoms with Crippen molar-refractivity contribution in [3.8, 4) is 0 Å². The molecule has 1 aliphatic carbocycles. The van der Waals surface area contributed by atoms with Gasteiger partial charge >= 0.3 is 0 Å². The van der Waals surface area contributed by atoms with Gasteiger partial charge in [0.05, 0.1) is 0 Å². The van der Waals surface area contributed by atoms with Crippen LogP contribution >= 0.6 is 0 Å². The minimum absolute atomic E-state index is 0.103. The topological polar surface area (TPSA) is 0 Å². The van der Waals surface area contributed by atoms with Gasteiger partial charge in [-0.15, -0.1) is 0 Å². The summed E-state index contributed by atoms with van der Waals surface area (Å²) in [6.45, 7) is 30.3. The second kappa shape index (κ2) is 11.0. The lowest BCUT2D eigenvalue weighted by molar-refractivity contribution is 0.568. The third-order valence-corrected chi connectivity index (χ3v) is 12.4. The van der Waals surface area contributed by atoms with Gasteiger partial charge in [0.15, 0.2) is 0 Å². The van der Waals surface area contributed by atoms with Gasteiger partial charge < -0.3 is 0 Å². The molecule has 3 aromatic carbocycles. The van der Waals surface area contributed by atoms with Gasteiger partial charge in [-0.2, -0.15) is 0 Å². The van der Waals surface area contributed by atoms with E-state index in [0.29, 0.717) is 5.92 Å². The molecule has 40 heavy (non-hydrogen) atoms. The van der Waals surface area contributed by atoms with Crippen molar-refractivity contribution >= 4 is 24.7 Å². The van der Waals surface area contributed by atoms with Crippen molar-refractivity contribution in [3.63, 3.8) is 0 Å². The largest absolute Gasteiger partial charge is 0.104 e. The van der Waals surface area contributed by atoms with E-state index in [0.717, 1.165) is 0 Å². The van der Waals surface area contributed by atoms with Crippen LogP contribution < -0.4 is 10.4 Å². The zero-order chi connectivity index (χ0) is 29.7. The van der Waals surface area contributed by atoms with E-state index in [1.807, 2.05) is 0 Å². The standard InChI is InChI=1S/C39H52Si/c1-24-14-25(2)17-34(16-24)40(35-18-26(3)15-27(4)19-35)23-36-29(6)28(5)30(7)37(36)31-20-32(38(8,9)10)22-33(21-31)39(11,12)13/h14-22,36,40H,23H2,1-13H3. The van der Waals surface area contributed by atoms with Crippen molar-refractivity contribution in [1.82, 2.24) is 0 Å². The molecule has 1 heteroatoms. The summed E-state index contributed by atoms with van der Waals surface area (Å²) in [7, 11) is -1.53. The zero-order valence-electron chi connectivity index (χ0n) is 27.6. The van der Waals surface area contributed by atoms with Crippen LogP contribution in [0.4, 0.5) is 0 Å². The molecule has 0 bridgehead atoms. The van der Waals surface area contributed by atoms with Gasteiger partial charge in [-0.25, -0.2) is 0 Å². The molecule has 1 aliphatic rings. The fraction of sp³-hybridized carbons (Fsp3) is 0.436. The molecule has 1 unspecified atom stereocenters. The van der Waals surface area contributed by atoms with Crippen LogP contribution in [0.15, 0.2) is 71.3 Å². The molecule has 1 atom stereocenters. The Hall–Kier alpha value is -2.64. The summed E-state index contributed by atoms with van der Waals surface area (Å²) in [4.78, 5) is 0. The number of benzene rings is 3. The highest BCUT2D eigenvalue weighted by Gasteiger charge is 2.33. The van der Waals surface area contributed by atoms with Gasteiger partial charge in [0, 0.05) is 5.92 Å². The Balaban J connectivity index is 1.92. The van der Waals surface area contributed by atoms with Crippen LogP contribution in [0.2, 0.25) is 6.04 Å². The van der Waals surface area contributed by atoms with Crippen molar-refractivity contribution in [1.29, 1.82) is 0 Å². The predicted molar refractivity (Wildman–Crippen MR) is 181 cm³/mol. The van der Waals surface area contributed by atoms with Crippen molar-refractivity contribution in [3.05, 3.63) is 110 Å². The Morgan fingerprint density at radius 1 is 0.525 bits per heavy atom. The molecule has 0 radical (unpaired) electrons. The lowest BCUT2D eigenvalue weighted by Gasteiger charge is -2.29. The third-order valence-electron chi connectivity index (χ3n) is 9.17. The maximum Gasteiger partial charge on any atom is 0.104 e. The average Bonchev–Trinajstić information content (AvgIpc) is 3.03. The molecule has 212 valence electrons. The Morgan fingerprint density at radius 3 is 1.30 bits per heavy atom. The molecule has 0 fully saturated rings. The highest BCUT2D eigenvalue weighted by Crippen LogP contribution is 2.46. The Bertz CT molecular complexity index is 1370. The summed E-state index contributed by atoms with van der Waals surface area (Å²) in [5.74, 6) is 0.446. The van der Waals surface area contributed by atoms with Crippen LogP contribution in [0.25, 0.3) is 5.57 Å². The number of rotatable bonds is 5. The van der Waals surface area contributed by atoms with Crippen LogP contribution in [0.1, 0.15) is 101 Å². The van der Waals surface area contributed by atoms with Crippen molar-refractivity contribution < 1.29 is 0 Å². The van der Waals surface area contributed by atoms with Crippen molar-refractivity contribution in [2.24, 2.45) is 5.92 Å². The van der Waals surface area contributed by atoms with Gasteiger partial charge in [0.1, 0.15) is 8.80 Å². The van der Waals surface area contributed by atoms with Gasteiger partial charge in [0.25, 0.3) is 0 Å². The molecule has 3 aromatic rings. The summed E-state index contributed by atoms with van der Waals surface area (Å²) >= 11 is 0. The number of allylic oxidation sites excluding steroid dienone is 4. The second-order valence-corrected chi connectivity index (χ2v) is 17.7. The quantitative estimate of drug-likeness (QED) is 0.279. The molecule has 0 aromatic heterocycles. The van der Waals surface area contributed by atoms with Gasteiger partial charge in [-0.3, -0.25) is 0 Å². The van der Waals surface area contributed by atoms with Crippen LogP contribution in [-0.4, -0.2) is 8.80 Å². The fourth-order valence-electron chi connectivity index (χ4n) is 6.72. The summed E-state index contributed by atoms with van der Waals surface area (Å²) < 4.78 is 0. The molecule has 0 nitrogen and oxygen atoms in total. The first-order valence-electron chi connectivity index (χ1n) is 15.2. The van der Waals surface area contributed by atoms with E-state index in [9.17, 15) is 0 Å². The normalized spacial score (nSPS) is 16.5. The molecule has 0 spiro atoms. The highest BCUT2D eigenvalue weighted by atomic mass is 28.3. The van der Waals surface area contributed by atoms with Crippen LogP contribution in [0.3, 0.4) is 0 Å². The summed E-state index contributed by atoms with van der Waals surface area (Å²) in [6, 6.07) is 23.3. The molecular formula is C39H52Si. The minimum atomic E-state index is -1.53. The van der Waals surface area contributed by atoms with Crippen molar-refractivity contribution in [2.75, 3.05) is 0 Å². The monoisotopic (exact) mass is 548 g/mol. The van der Waals surface area contributed by atoms with E-state index in [1.165, 1.54) is 56.1 Å². The highest BCUT2D eigenvalue weighted by molar-refractivity contribution is 6.85. The Kier molecular flexibility index (Phi) is 8.32. The minimum Gasteiger partial charge on any atom is -0.0629 e. The van der Waals surface area contributed by atoms with Gasteiger partial charge in [-0.1, -0.05) is 134 Å². The lowest BCUT2D eigenvalue weighted by atomic mass is 9.77. The van der Waals surface area contributed by atoms with E-state index in [1.54, 1.807) is 21.5 Å².